The van der Waals surface area contributed by atoms with E-state index in [1.54, 1.807) is 18.2 Å². The maximum Gasteiger partial charge on any atom is 0.335 e. The van der Waals surface area contributed by atoms with Gasteiger partial charge in [0, 0.05) is 5.92 Å². The summed E-state index contributed by atoms with van der Waals surface area (Å²) in [5, 5.41) is 8.91. The molecule has 0 aliphatic carbocycles. The van der Waals surface area contributed by atoms with Gasteiger partial charge in [0.15, 0.2) is 0 Å². The fourth-order valence-corrected chi connectivity index (χ4v) is 1.97. The fraction of sp³-hybridized carbons (Fsp3) is 0.385. The number of carboxylic acids is 1. The topological polar surface area (TPSA) is 66.0 Å². The normalized spacial score (nSPS) is 12.8. The summed E-state index contributed by atoms with van der Waals surface area (Å²) < 4.78 is 0. The Morgan fingerprint density at radius 1 is 1.53 bits per heavy atom. The minimum absolute atomic E-state index is 0.288. The second-order valence-corrected chi connectivity index (χ2v) is 4.35. The predicted molar refractivity (Wildman–Crippen MR) is 66.4 cm³/mol. The van der Waals surface area contributed by atoms with E-state index in [-0.39, 0.29) is 5.56 Å². The maximum atomic E-state index is 10.9. The second kappa shape index (κ2) is 4.57. The lowest BCUT2D eigenvalue weighted by atomic mass is 10.1. The summed E-state index contributed by atoms with van der Waals surface area (Å²) in [6.07, 6.45) is 2.18. The third-order valence-electron chi connectivity index (χ3n) is 2.94. The van der Waals surface area contributed by atoms with Gasteiger partial charge >= 0.3 is 5.97 Å². The molecule has 90 valence electrons. The van der Waals surface area contributed by atoms with Crippen molar-refractivity contribution in [3.05, 3.63) is 29.6 Å². The molecular weight excluding hydrogens is 216 g/mol. The number of aromatic amines is 1. The molecule has 0 bridgehead atoms. The first-order valence-corrected chi connectivity index (χ1v) is 5.84. The number of carboxylic acid groups (broad SMARTS) is 1. The molecule has 1 atom stereocenters. The first kappa shape index (κ1) is 11.6. The summed E-state index contributed by atoms with van der Waals surface area (Å²) >= 11 is 0. The van der Waals surface area contributed by atoms with Crippen molar-refractivity contribution in [3.8, 4) is 0 Å². The third kappa shape index (κ3) is 2.30. The number of H-pyrrole nitrogens is 1. The van der Waals surface area contributed by atoms with Crippen molar-refractivity contribution in [2.24, 2.45) is 0 Å². The van der Waals surface area contributed by atoms with Gasteiger partial charge in [-0.1, -0.05) is 20.3 Å². The number of aromatic carboxylic acids is 1. The number of fused-ring (bicyclic) bond motifs is 1. The van der Waals surface area contributed by atoms with E-state index in [0.29, 0.717) is 5.92 Å². The summed E-state index contributed by atoms with van der Waals surface area (Å²) in [6.45, 7) is 4.26. The molecule has 2 rings (SSSR count). The van der Waals surface area contributed by atoms with Crippen LogP contribution in [0.3, 0.4) is 0 Å². The van der Waals surface area contributed by atoms with Crippen LogP contribution in [-0.2, 0) is 0 Å². The summed E-state index contributed by atoms with van der Waals surface area (Å²) in [5.74, 6) is 0.398. The van der Waals surface area contributed by atoms with Gasteiger partial charge in [-0.3, -0.25) is 0 Å². The van der Waals surface area contributed by atoms with Crippen LogP contribution in [0.4, 0.5) is 0 Å². The Bertz CT molecular complexity index is 545. The predicted octanol–water partition coefficient (Wildman–Crippen LogP) is 3.16. The van der Waals surface area contributed by atoms with Crippen molar-refractivity contribution in [3.63, 3.8) is 0 Å². The van der Waals surface area contributed by atoms with E-state index in [9.17, 15) is 4.79 Å². The monoisotopic (exact) mass is 232 g/mol. The van der Waals surface area contributed by atoms with Gasteiger partial charge in [0.05, 0.1) is 16.6 Å². The van der Waals surface area contributed by atoms with Crippen LogP contribution in [0.25, 0.3) is 11.0 Å². The Morgan fingerprint density at radius 3 is 2.94 bits per heavy atom. The highest BCUT2D eigenvalue weighted by atomic mass is 16.4. The largest absolute Gasteiger partial charge is 0.478 e. The number of aromatic nitrogens is 2. The van der Waals surface area contributed by atoms with Crippen molar-refractivity contribution in [1.82, 2.24) is 9.97 Å². The van der Waals surface area contributed by atoms with Crippen LogP contribution in [0.1, 0.15) is 48.8 Å². The quantitative estimate of drug-likeness (QED) is 0.850. The molecule has 0 saturated carbocycles. The van der Waals surface area contributed by atoms with Crippen LogP contribution in [-0.4, -0.2) is 21.0 Å². The molecule has 0 aliphatic heterocycles. The Kier molecular flexibility index (Phi) is 3.13. The van der Waals surface area contributed by atoms with Gasteiger partial charge in [0.25, 0.3) is 0 Å². The zero-order chi connectivity index (χ0) is 12.4. The van der Waals surface area contributed by atoms with E-state index in [1.165, 1.54) is 0 Å². The molecule has 0 amide bonds. The first-order chi connectivity index (χ1) is 8.11. The van der Waals surface area contributed by atoms with Crippen LogP contribution < -0.4 is 0 Å². The highest BCUT2D eigenvalue weighted by Crippen LogP contribution is 2.21. The Labute approximate surface area is 99.7 Å². The van der Waals surface area contributed by atoms with E-state index >= 15 is 0 Å². The van der Waals surface area contributed by atoms with Crippen molar-refractivity contribution < 1.29 is 9.90 Å². The van der Waals surface area contributed by atoms with Gasteiger partial charge in [-0.2, -0.15) is 0 Å². The van der Waals surface area contributed by atoms with E-state index in [2.05, 4.69) is 23.8 Å². The molecule has 0 aliphatic rings. The molecule has 1 heterocycles. The fourth-order valence-electron chi connectivity index (χ4n) is 1.97. The average molecular weight is 232 g/mol. The number of nitrogens with one attached hydrogen (secondary N) is 1. The summed E-state index contributed by atoms with van der Waals surface area (Å²) in [7, 11) is 0. The van der Waals surface area contributed by atoms with Gasteiger partial charge in [-0.25, -0.2) is 9.78 Å². The van der Waals surface area contributed by atoms with Crippen molar-refractivity contribution >= 4 is 17.0 Å². The smallest absolute Gasteiger partial charge is 0.335 e. The summed E-state index contributed by atoms with van der Waals surface area (Å²) in [5.41, 5.74) is 1.91. The zero-order valence-electron chi connectivity index (χ0n) is 10.0. The van der Waals surface area contributed by atoms with E-state index < -0.39 is 5.97 Å². The lowest BCUT2D eigenvalue weighted by molar-refractivity contribution is 0.0697. The van der Waals surface area contributed by atoms with Crippen LogP contribution >= 0.6 is 0 Å². The van der Waals surface area contributed by atoms with E-state index in [1.807, 2.05) is 0 Å². The summed E-state index contributed by atoms with van der Waals surface area (Å²) in [6, 6.07) is 4.96. The zero-order valence-corrected chi connectivity index (χ0v) is 10.0. The van der Waals surface area contributed by atoms with Crippen molar-refractivity contribution in [2.75, 3.05) is 0 Å². The second-order valence-electron chi connectivity index (χ2n) is 4.35. The number of hydrogen-bond acceptors (Lipinski definition) is 2. The van der Waals surface area contributed by atoms with Gasteiger partial charge in [0.2, 0.25) is 0 Å². The van der Waals surface area contributed by atoms with Crippen molar-refractivity contribution in [1.29, 1.82) is 0 Å². The number of benzene rings is 1. The Balaban J connectivity index is 2.40. The number of rotatable bonds is 4. The maximum absolute atomic E-state index is 10.9. The van der Waals surface area contributed by atoms with Gasteiger partial charge < -0.3 is 10.1 Å². The SMILES string of the molecule is CCC[C@@H](C)c1nc2ccc(C(=O)O)cc2[nH]1. The molecule has 1 aromatic carbocycles. The van der Waals surface area contributed by atoms with Crippen molar-refractivity contribution in [2.45, 2.75) is 32.6 Å². The molecule has 17 heavy (non-hydrogen) atoms. The molecule has 2 aromatic rings. The highest BCUT2D eigenvalue weighted by Gasteiger charge is 2.11. The molecule has 0 saturated heterocycles. The Morgan fingerprint density at radius 2 is 2.29 bits per heavy atom. The molecule has 0 unspecified atom stereocenters. The average Bonchev–Trinajstić information content (AvgIpc) is 2.71. The number of hydrogen-bond donors (Lipinski definition) is 2. The molecular formula is C13H16N2O2. The molecule has 0 radical (unpaired) electrons. The molecule has 4 nitrogen and oxygen atoms in total. The summed E-state index contributed by atoms with van der Waals surface area (Å²) in [4.78, 5) is 18.5. The van der Waals surface area contributed by atoms with Gasteiger partial charge in [0.1, 0.15) is 5.82 Å². The third-order valence-corrected chi connectivity index (χ3v) is 2.94. The van der Waals surface area contributed by atoms with Gasteiger partial charge in [-0.05, 0) is 24.6 Å². The lowest BCUT2D eigenvalue weighted by Gasteiger charge is -2.04. The molecule has 0 spiro atoms. The van der Waals surface area contributed by atoms with Crippen LogP contribution in [0.5, 0.6) is 0 Å². The minimum atomic E-state index is -0.912. The van der Waals surface area contributed by atoms with E-state index in [4.69, 9.17) is 5.11 Å². The molecule has 1 aromatic heterocycles. The standard InChI is InChI=1S/C13H16N2O2/c1-3-4-8(2)12-14-10-6-5-9(13(16)17)7-11(10)15-12/h5-8H,3-4H2,1-2H3,(H,14,15)(H,16,17)/t8-/m1/s1. The van der Waals surface area contributed by atoms with Crippen LogP contribution in [0.2, 0.25) is 0 Å². The molecule has 0 fully saturated rings. The molecule has 4 heteroatoms. The first-order valence-electron chi connectivity index (χ1n) is 5.84. The van der Waals surface area contributed by atoms with Crippen LogP contribution in [0, 0.1) is 0 Å². The van der Waals surface area contributed by atoms with Gasteiger partial charge in [-0.15, -0.1) is 0 Å². The number of carbonyl (C=O) groups is 1. The number of nitrogens with zero attached hydrogens (tertiary/aromatic N) is 1. The lowest BCUT2D eigenvalue weighted by Crippen LogP contribution is -1.95. The molecule has 2 N–H and O–H groups in total. The highest BCUT2D eigenvalue weighted by molar-refractivity contribution is 5.92. The minimum Gasteiger partial charge on any atom is -0.478 e. The Hall–Kier alpha value is -1.84. The number of imidazole rings is 1. The van der Waals surface area contributed by atoms with Crippen LogP contribution in [0.15, 0.2) is 18.2 Å². The van der Waals surface area contributed by atoms with E-state index in [0.717, 1.165) is 29.7 Å².